The Labute approximate surface area is 93.1 Å². The van der Waals surface area contributed by atoms with E-state index in [9.17, 15) is 8.39 Å². The van der Waals surface area contributed by atoms with Crippen LogP contribution in [0.3, 0.4) is 0 Å². The van der Waals surface area contributed by atoms with E-state index in [0.717, 1.165) is 5.56 Å². The van der Waals surface area contributed by atoms with Crippen LogP contribution in [0.15, 0.2) is 24.3 Å². The van der Waals surface area contributed by atoms with Gasteiger partial charge in [-0.15, -0.1) is 0 Å². The van der Waals surface area contributed by atoms with E-state index < -0.39 is 7.91 Å². The molecular formula is C10H15F2O3P. The quantitative estimate of drug-likeness (QED) is 0.793. The van der Waals surface area contributed by atoms with Crippen LogP contribution in [0.4, 0.5) is 8.39 Å². The van der Waals surface area contributed by atoms with Crippen molar-refractivity contribution in [3.63, 3.8) is 0 Å². The first-order chi connectivity index (χ1) is 6.93. The summed E-state index contributed by atoms with van der Waals surface area (Å²) in [6, 6.07) is 5.79. The molecule has 16 heavy (non-hydrogen) atoms. The fraction of sp³-hybridized carbons (Fsp3) is 0.400. The van der Waals surface area contributed by atoms with Crippen molar-refractivity contribution < 1.29 is 22.7 Å². The summed E-state index contributed by atoms with van der Waals surface area (Å²) in [6.45, 7) is 5.93. The minimum absolute atomic E-state index is 0.103. The van der Waals surface area contributed by atoms with Crippen molar-refractivity contribution in [2.45, 2.75) is 26.2 Å². The minimum atomic E-state index is -6.92. The Morgan fingerprint density at radius 3 is 1.81 bits per heavy atom. The number of benzene rings is 1. The van der Waals surface area contributed by atoms with Crippen LogP contribution in [0.25, 0.3) is 0 Å². The fourth-order valence-corrected chi connectivity index (χ4v) is 1.66. The zero-order chi connectivity index (χ0) is 12.6. The Hall–Kier alpha value is -0.770. The van der Waals surface area contributed by atoms with E-state index in [0.29, 0.717) is 0 Å². The average molecular weight is 252 g/mol. The number of hydrogen-bond acceptors (Lipinski definition) is 3. The van der Waals surface area contributed by atoms with Gasteiger partial charge in [-0.25, -0.2) is 0 Å². The molecule has 1 aromatic rings. The van der Waals surface area contributed by atoms with Crippen LogP contribution in [0, 0.1) is 0 Å². The number of halogens is 2. The molecule has 0 fully saturated rings. The topological polar surface area (TPSA) is 49.7 Å². The summed E-state index contributed by atoms with van der Waals surface area (Å²) >= 11 is 0. The first-order valence-corrected chi connectivity index (χ1v) is 6.54. The third-order valence-corrected chi connectivity index (χ3v) is 2.49. The second kappa shape index (κ2) is 3.62. The van der Waals surface area contributed by atoms with E-state index in [1.54, 1.807) is 12.1 Å². The molecule has 0 heterocycles. The molecule has 92 valence electrons. The summed E-state index contributed by atoms with van der Waals surface area (Å²) < 4.78 is 28.8. The van der Waals surface area contributed by atoms with E-state index in [4.69, 9.17) is 9.79 Å². The van der Waals surface area contributed by atoms with Crippen molar-refractivity contribution in [2.75, 3.05) is 0 Å². The van der Waals surface area contributed by atoms with Gasteiger partial charge in [0.1, 0.15) is 0 Å². The molecule has 0 saturated carbocycles. The Kier molecular flexibility index (Phi) is 3.01. The predicted molar refractivity (Wildman–Crippen MR) is 59.3 cm³/mol. The molecule has 0 aliphatic carbocycles. The van der Waals surface area contributed by atoms with Gasteiger partial charge in [-0.2, -0.15) is 0 Å². The Morgan fingerprint density at radius 1 is 1.06 bits per heavy atom. The fourth-order valence-electron chi connectivity index (χ4n) is 1.19. The molecule has 0 atom stereocenters. The summed E-state index contributed by atoms with van der Waals surface area (Å²) in [6.07, 6.45) is 0. The van der Waals surface area contributed by atoms with Gasteiger partial charge in [0, 0.05) is 0 Å². The second-order valence-corrected chi connectivity index (χ2v) is 6.32. The molecule has 0 spiro atoms. The standard InChI is InChI=1S/C10H15F2O3P/c1-10(2,3)8-4-6-9(7-5-8)15-16(11,12,13)14/h4-7,13-14H,1-3H3. The van der Waals surface area contributed by atoms with Crippen LogP contribution < -0.4 is 4.52 Å². The van der Waals surface area contributed by atoms with Crippen molar-refractivity contribution in [3.8, 4) is 5.75 Å². The molecule has 3 nitrogen and oxygen atoms in total. The maximum atomic E-state index is 12.4. The third-order valence-electron chi connectivity index (χ3n) is 1.98. The van der Waals surface area contributed by atoms with E-state index >= 15 is 0 Å². The molecule has 1 rings (SSSR count). The van der Waals surface area contributed by atoms with Gasteiger partial charge in [-0.05, 0) is 0 Å². The van der Waals surface area contributed by atoms with Crippen molar-refractivity contribution in [3.05, 3.63) is 29.8 Å². The average Bonchev–Trinajstić information content (AvgIpc) is 1.98. The zero-order valence-electron chi connectivity index (χ0n) is 9.32. The molecule has 0 radical (unpaired) electrons. The molecule has 0 unspecified atom stereocenters. The van der Waals surface area contributed by atoms with Crippen LogP contribution in [-0.2, 0) is 5.41 Å². The van der Waals surface area contributed by atoms with E-state index in [-0.39, 0.29) is 11.2 Å². The van der Waals surface area contributed by atoms with Crippen LogP contribution >= 0.6 is 7.91 Å². The Morgan fingerprint density at radius 2 is 1.50 bits per heavy atom. The molecule has 0 aromatic heterocycles. The van der Waals surface area contributed by atoms with E-state index in [1.807, 2.05) is 20.8 Å². The molecule has 2 N–H and O–H groups in total. The van der Waals surface area contributed by atoms with Crippen molar-refractivity contribution in [1.29, 1.82) is 0 Å². The molecule has 0 aliphatic rings. The molecule has 0 aliphatic heterocycles. The van der Waals surface area contributed by atoms with Gasteiger partial charge in [0.15, 0.2) is 0 Å². The monoisotopic (exact) mass is 252 g/mol. The van der Waals surface area contributed by atoms with Gasteiger partial charge in [0.05, 0.1) is 0 Å². The summed E-state index contributed by atoms with van der Waals surface area (Å²) in [5, 5.41) is 0. The Balaban J connectivity index is 2.89. The van der Waals surface area contributed by atoms with Crippen molar-refractivity contribution >= 4 is 7.91 Å². The van der Waals surface area contributed by atoms with Gasteiger partial charge in [-0.1, -0.05) is 0 Å². The van der Waals surface area contributed by atoms with Gasteiger partial charge in [0.25, 0.3) is 0 Å². The van der Waals surface area contributed by atoms with Gasteiger partial charge in [0.2, 0.25) is 0 Å². The molecule has 6 heteroatoms. The third kappa shape index (κ3) is 4.39. The first kappa shape index (κ1) is 13.3. The number of hydrogen-bond donors (Lipinski definition) is 2. The molecular weight excluding hydrogens is 237 g/mol. The van der Waals surface area contributed by atoms with Gasteiger partial charge >= 0.3 is 92.4 Å². The van der Waals surface area contributed by atoms with Crippen LogP contribution in [0.1, 0.15) is 26.3 Å². The number of rotatable bonds is 2. The van der Waals surface area contributed by atoms with Crippen molar-refractivity contribution in [2.24, 2.45) is 0 Å². The SMILES string of the molecule is CC(C)(C)c1ccc(OP(O)(O)(F)F)cc1. The predicted octanol–water partition coefficient (Wildman–Crippen LogP) is 3.41. The first-order valence-electron chi connectivity index (χ1n) is 4.70. The molecule has 1 aromatic carbocycles. The van der Waals surface area contributed by atoms with Crippen LogP contribution in [-0.4, -0.2) is 9.79 Å². The van der Waals surface area contributed by atoms with E-state index in [2.05, 4.69) is 4.52 Å². The molecule has 0 saturated heterocycles. The van der Waals surface area contributed by atoms with Crippen LogP contribution in [0.5, 0.6) is 5.75 Å². The summed E-state index contributed by atoms with van der Waals surface area (Å²) in [4.78, 5) is 16.6. The van der Waals surface area contributed by atoms with Crippen LogP contribution in [0.2, 0.25) is 0 Å². The zero-order valence-corrected chi connectivity index (χ0v) is 10.2. The summed E-state index contributed by atoms with van der Waals surface area (Å²) in [5.74, 6) is -0.263. The summed E-state index contributed by atoms with van der Waals surface area (Å²) in [5.41, 5.74) is 0.835. The Bertz CT molecular complexity index is 367. The normalized spacial score (nSPS) is 15.3. The molecule has 0 amide bonds. The van der Waals surface area contributed by atoms with Gasteiger partial charge in [-0.3, -0.25) is 0 Å². The molecule has 0 bridgehead atoms. The maximum absolute atomic E-state index is 12.4. The van der Waals surface area contributed by atoms with E-state index in [1.165, 1.54) is 12.1 Å². The van der Waals surface area contributed by atoms with Crippen molar-refractivity contribution in [1.82, 2.24) is 0 Å². The summed E-state index contributed by atoms with van der Waals surface area (Å²) in [7, 11) is -6.92. The second-order valence-electron chi connectivity index (χ2n) is 4.62. The van der Waals surface area contributed by atoms with Gasteiger partial charge < -0.3 is 0 Å².